The van der Waals surface area contributed by atoms with E-state index in [-0.39, 0.29) is 0 Å². The van der Waals surface area contributed by atoms with Crippen LogP contribution in [-0.2, 0) is 6.42 Å². The van der Waals surface area contributed by atoms with Crippen molar-refractivity contribution >= 4 is 17.3 Å². The predicted octanol–water partition coefficient (Wildman–Crippen LogP) is 2.72. The number of rotatable bonds is 8. The number of anilines is 3. The average Bonchev–Trinajstić information content (AvgIpc) is 2.83. The van der Waals surface area contributed by atoms with Crippen molar-refractivity contribution in [2.75, 3.05) is 30.3 Å². The Bertz CT molecular complexity index is 1270. The minimum atomic E-state index is -0.652. The van der Waals surface area contributed by atoms with Crippen molar-refractivity contribution in [2.45, 2.75) is 18.9 Å². The lowest BCUT2D eigenvalue weighted by atomic mass is 9.97. The fourth-order valence-corrected chi connectivity index (χ4v) is 3.63. The Kier molecular flexibility index (Phi) is 6.11. The highest BCUT2D eigenvalue weighted by Crippen LogP contribution is 2.18. The zero-order chi connectivity index (χ0) is 23.4. The van der Waals surface area contributed by atoms with E-state index in [2.05, 4.69) is 40.9 Å². The van der Waals surface area contributed by atoms with E-state index in [4.69, 9.17) is 0 Å². The molecule has 0 amide bonds. The summed E-state index contributed by atoms with van der Waals surface area (Å²) < 4.78 is 0. The minimum absolute atomic E-state index is 0.529. The van der Waals surface area contributed by atoms with Gasteiger partial charge in [0.1, 0.15) is 28.8 Å². The van der Waals surface area contributed by atoms with E-state index in [9.17, 15) is 5.11 Å². The first-order chi connectivity index (χ1) is 16.5. The molecule has 4 N–H and O–H groups in total. The molecule has 9 nitrogen and oxygen atoms in total. The third-order valence-corrected chi connectivity index (χ3v) is 5.58. The smallest absolute Gasteiger partial charge is 0.180 e. The van der Waals surface area contributed by atoms with Crippen molar-refractivity contribution in [3.63, 3.8) is 0 Å². The van der Waals surface area contributed by atoms with E-state index in [0.717, 1.165) is 22.6 Å². The summed E-state index contributed by atoms with van der Waals surface area (Å²) in [5, 5.41) is 19.8. The maximum absolute atomic E-state index is 10.2. The van der Waals surface area contributed by atoms with Crippen LogP contribution in [0.5, 0.6) is 0 Å². The van der Waals surface area contributed by atoms with Gasteiger partial charge < -0.3 is 21.1 Å². The van der Waals surface area contributed by atoms with E-state index >= 15 is 0 Å². The Morgan fingerprint density at radius 2 is 1.68 bits per heavy atom. The summed E-state index contributed by atoms with van der Waals surface area (Å²) in [5.41, 5.74) is 3.06. The normalized spacial score (nSPS) is 14.3. The number of aromatic nitrogens is 5. The van der Waals surface area contributed by atoms with Crippen LogP contribution in [-0.4, -0.2) is 55.3 Å². The van der Waals surface area contributed by atoms with Gasteiger partial charge in [-0.05, 0) is 48.9 Å². The number of pyridine rings is 1. The molecule has 0 saturated carbocycles. The van der Waals surface area contributed by atoms with Gasteiger partial charge in [-0.2, -0.15) is 0 Å². The highest BCUT2D eigenvalue weighted by Gasteiger charge is 2.33. The molecule has 0 unspecified atom stereocenters. The Hall–Kier alpha value is -3.95. The Morgan fingerprint density at radius 3 is 2.41 bits per heavy atom. The number of hydrogen-bond donors (Lipinski definition) is 4. The van der Waals surface area contributed by atoms with Gasteiger partial charge in [0.25, 0.3) is 0 Å². The summed E-state index contributed by atoms with van der Waals surface area (Å²) in [6.45, 7) is 3.72. The lowest BCUT2D eigenvalue weighted by Gasteiger charge is -2.37. The van der Waals surface area contributed by atoms with Crippen molar-refractivity contribution in [3.8, 4) is 11.5 Å². The molecule has 1 aliphatic rings. The molecule has 4 heterocycles. The molecule has 1 fully saturated rings. The van der Waals surface area contributed by atoms with Crippen LogP contribution in [0.3, 0.4) is 0 Å². The summed E-state index contributed by atoms with van der Waals surface area (Å²) in [6, 6.07) is 17.5. The molecule has 1 saturated heterocycles. The van der Waals surface area contributed by atoms with Crippen LogP contribution in [0.2, 0.25) is 0 Å². The summed E-state index contributed by atoms with van der Waals surface area (Å²) in [7, 11) is 0. The molecule has 0 atom stereocenters. The fraction of sp³-hybridized carbons (Fsp3) is 0.240. The van der Waals surface area contributed by atoms with Gasteiger partial charge >= 0.3 is 0 Å². The maximum atomic E-state index is 10.2. The first kappa shape index (κ1) is 21.9. The molecule has 4 aromatic rings. The van der Waals surface area contributed by atoms with Gasteiger partial charge in [0, 0.05) is 49.8 Å². The number of aryl methyl sites for hydroxylation is 1. The van der Waals surface area contributed by atoms with Gasteiger partial charge in [-0.3, -0.25) is 0 Å². The zero-order valence-electron chi connectivity index (χ0n) is 18.9. The summed E-state index contributed by atoms with van der Waals surface area (Å²) in [6.07, 6.45) is 4.04. The molecule has 1 aromatic carbocycles. The molecular weight excluding hydrogens is 428 g/mol. The largest absolute Gasteiger partial charge is 0.385 e. The van der Waals surface area contributed by atoms with Crippen LogP contribution in [0.25, 0.3) is 11.5 Å². The monoisotopic (exact) mass is 454 g/mol. The number of nitrogens with one attached hydrogen (secondary N) is 3. The Morgan fingerprint density at radius 1 is 0.912 bits per heavy atom. The van der Waals surface area contributed by atoms with Gasteiger partial charge in [0.15, 0.2) is 5.82 Å². The molecule has 1 aliphatic heterocycles. The molecule has 3 aromatic heterocycles. The molecule has 0 radical (unpaired) electrons. The lowest BCUT2D eigenvalue weighted by molar-refractivity contribution is 0.00313. The molecule has 9 heteroatoms. The standard InChI is InChI=1S/C25H26N8O/c1-17-3-2-4-20(30-17)24-28-12-10-22(33-24)31-21-9-11-27-23(32-21)13-18-5-7-19(8-6-18)29-16-25(34)14-26-15-25/h2-12,26,29,34H,13-16H2,1H3,(H,27,28,31,32,33). The average molecular weight is 455 g/mol. The van der Waals surface area contributed by atoms with Crippen LogP contribution < -0.4 is 16.0 Å². The SMILES string of the molecule is Cc1cccc(-c2nccc(Nc3ccnc(Cc4ccc(NCC5(O)CNC5)cc4)n3)n2)n1. The highest BCUT2D eigenvalue weighted by molar-refractivity contribution is 5.56. The maximum Gasteiger partial charge on any atom is 0.180 e. The van der Waals surface area contributed by atoms with Crippen molar-refractivity contribution in [1.29, 1.82) is 0 Å². The minimum Gasteiger partial charge on any atom is -0.385 e. The van der Waals surface area contributed by atoms with Crippen molar-refractivity contribution in [3.05, 3.63) is 84.1 Å². The number of aliphatic hydroxyl groups is 1. The second kappa shape index (κ2) is 9.50. The van der Waals surface area contributed by atoms with Crippen LogP contribution in [0.4, 0.5) is 17.3 Å². The second-order valence-electron chi connectivity index (χ2n) is 8.47. The van der Waals surface area contributed by atoms with Crippen LogP contribution in [0, 0.1) is 6.92 Å². The van der Waals surface area contributed by atoms with Crippen molar-refractivity contribution in [2.24, 2.45) is 0 Å². The third-order valence-electron chi connectivity index (χ3n) is 5.58. The van der Waals surface area contributed by atoms with E-state index in [0.29, 0.717) is 49.3 Å². The van der Waals surface area contributed by atoms with Gasteiger partial charge in [-0.15, -0.1) is 0 Å². The molecule has 5 rings (SSSR count). The summed E-state index contributed by atoms with van der Waals surface area (Å²) >= 11 is 0. The summed E-state index contributed by atoms with van der Waals surface area (Å²) in [4.78, 5) is 22.5. The van der Waals surface area contributed by atoms with Gasteiger partial charge in [0.2, 0.25) is 0 Å². The first-order valence-corrected chi connectivity index (χ1v) is 11.2. The third kappa shape index (κ3) is 5.33. The molecule has 0 bridgehead atoms. The lowest BCUT2D eigenvalue weighted by Crippen LogP contribution is -2.62. The first-order valence-electron chi connectivity index (χ1n) is 11.2. The molecule has 172 valence electrons. The highest BCUT2D eigenvalue weighted by atomic mass is 16.3. The molecular formula is C25H26N8O. The van der Waals surface area contributed by atoms with Crippen molar-refractivity contribution in [1.82, 2.24) is 30.2 Å². The Balaban J connectivity index is 1.23. The van der Waals surface area contributed by atoms with Gasteiger partial charge in [-0.25, -0.2) is 24.9 Å². The van der Waals surface area contributed by atoms with Crippen molar-refractivity contribution < 1.29 is 5.11 Å². The molecule has 34 heavy (non-hydrogen) atoms. The number of benzene rings is 1. The fourth-order valence-electron chi connectivity index (χ4n) is 3.63. The van der Waals surface area contributed by atoms with Crippen LogP contribution in [0.1, 0.15) is 17.1 Å². The van der Waals surface area contributed by atoms with Crippen LogP contribution >= 0.6 is 0 Å². The van der Waals surface area contributed by atoms with Gasteiger partial charge in [0.05, 0.1) is 0 Å². The molecule has 0 aliphatic carbocycles. The molecule has 0 spiro atoms. The van der Waals surface area contributed by atoms with E-state index in [1.54, 1.807) is 18.5 Å². The number of β-amino-alcohol motifs (C(OH)–C–C–N with tert-alkyl or cyclic N) is 1. The summed E-state index contributed by atoms with van der Waals surface area (Å²) in [5.74, 6) is 2.55. The quantitative estimate of drug-likeness (QED) is 0.318. The van der Waals surface area contributed by atoms with E-state index in [1.165, 1.54) is 0 Å². The number of nitrogens with zero attached hydrogens (tertiary/aromatic N) is 5. The van der Waals surface area contributed by atoms with E-state index < -0.39 is 5.60 Å². The Labute approximate surface area is 197 Å². The second-order valence-corrected chi connectivity index (χ2v) is 8.47. The van der Waals surface area contributed by atoms with E-state index in [1.807, 2.05) is 55.5 Å². The predicted molar refractivity (Wildman–Crippen MR) is 131 cm³/mol. The zero-order valence-corrected chi connectivity index (χ0v) is 18.9. The topological polar surface area (TPSA) is 121 Å². The van der Waals surface area contributed by atoms with Gasteiger partial charge in [-0.1, -0.05) is 18.2 Å². The number of hydrogen-bond acceptors (Lipinski definition) is 9. The van der Waals surface area contributed by atoms with Crippen LogP contribution in [0.15, 0.2) is 67.0 Å².